The fraction of sp³-hybridized carbons (Fsp3) is 0.632. The molecule has 0 spiro atoms. The Bertz CT molecular complexity index is 706. The summed E-state index contributed by atoms with van der Waals surface area (Å²) in [6.45, 7) is 7.69. The minimum atomic E-state index is -0.377. The second kappa shape index (κ2) is 8.44. The molecule has 0 radical (unpaired) electrons. The fourth-order valence-electron chi connectivity index (χ4n) is 3.87. The van der Waals surface area contributed by atoms with E-state index in [1.807, 2.05) is 0 Å². The average Bonchev–Trinajstić information content (AvgIpc) is 3.04. The Morgan fingerprint density at radius 1 is 1.33 bits per heavy atom. The maximum Gasteiger partial charge on any atom is 0.293 e. The van der Waals surface area contributed by atoms with Crippen molar-refractivity contribution in [2.75, 3.05) is 37.6 Å². The zero-order valence-corrected chi connectivity index (χ0v) is 16.8. The Balaban J connectivity index is 0.00000261. The van der Waals surface area contributed by atoms with E-state index in [4.69, 9.17) is 5.73 Å². The number of rotatable bonds is 4. The summed E-state index contributed by atoms with van der Waals surface area (Å²) in [6.07, 6.45) is 2.92. The highest BCUT2D eigenvalue weighted by molar-refractivity contribution is 5.96. The third-order valence-corrected chi connectivity index (χ3v) is 5.88. The maximum atomic E-state index is 12.8. The van der Waals surface area contributed by atoms with Crippen LogP contribution in [0.3, 0.4) is 0 Å². The van der Waals surface area contributed by atoms with E-state index in [9.17, 15) is 14.9 Å². The van der Waals surface area contributed by atoms with Crippen LogP contribution in [-0.2, 0) is 0 Å². The lowest BCUT2D eigenvalue weighted by molar-refractivity contribution is -0.384. The van der Waals surface area contributed by atoms with Gasteiger partial charge in [0.25, 0.3) is 11.6 Å². The first-order valence-corrected chi connectivity index (χ1v) is 9.36. The van der Waals surface area contributed by atoms with E-state index >= 15 is 0 Å². The standard InChI is InChI=1S/C19H28N4O3.ClH/c1-14-5-8-21(9-6-14)16-4-3-15(11-17(16)23(25)26)18(24)22-10-7-19(2,12-20)13-22;/h3-4,11,14H,5-10,12-13,20H2,1-2H3;1H. The molecule has 2 saturated heterocycles. The molecule has 1 unspecified atom stereocenters. The van der Waals surface area contributed by atoms with Gasteiger partial charge in [-0.15, -0.1) is 12.4 Å². The zero-order chi connectivity index (χ0) is 18.9. The van der Waals surface area contributed by atoms with Crippen molar-refractivity contribution < 1.29 is 9.72 Å². The minimum Gasteiger partial charge on any atom is -0.366 e. The fourth-order valence-corrected chi connectivity index (χ4v) is 3.87. The number of anilines is 1. The number of amides is 1. The largest absolute Gasteiger partial charge is 0.366 e. The number of nitro benzene ring substituents is 1. The van der Waals surface area contributed by atoms with Crippen LogP contribution in [0.15, 0.2) is 18.2 Å². The highest BCUT2D eigenvalue weighted by Crippen LogP contribution is 2.34. The van der Waals surface area contributed by atoms with E-state index in [0.717, 1.165) is 32.4 Å². The van der Waals surface area contributed by atoms with E-state index in [-0.39, 0.29) is 34.3 Å². The number of halogens is 1. The van der Waals surface area contributed by atoms with Crippen LogP contribution in [0, 0.1) is 21.4 Å². The summed E-state index contributed by atoms with van der Waals surface area (Å²) in [5, 5.41) is 11.6. The molecule has 1 amide bonds. The second-order valence-electron chi connectivity index (χ2n) is 8.12. The number of likely N-dealkylation sites (tertiary alicyclic amines) is 1. The molecule has 2 N–H and O–H groups in total. The topological polar surface area (TPSA) is 92.7 Å². The van der Waals surface area contributed by atoms with E-state index in [1.54, 1.807) is 17.0 Å². The van der Waals surface area contributed by atoms with Crippen molar-refractivity contribution in [1.29, 1.82) is 0 Å². The molecule has 3 rings (SSSR count). The number of piperidine rings is 1. The number of nitrogens with zero attached hydrogens (tertiary/aromatic N) is 3. The van der Waals surface area contributed by atoms with Gasteiger partial charge in [0.1, 0.15) is 5.69 Å². The van der Waals surface area contributed by atoms with Crippen molar-refractivity contribution in [2.24, 2.45) is 17.1 Å². The quantitative estimate of drug-likeness (QED) is 0.623. The predicted molar refractivity (Wildman–Crippen MR) is 109 cm³/mol. The predicted octanol–water partition coefficient (Wildman–Crippen LogP) is 3.06. The average molecular weight is 397 g/mol. The molecule has 1 aromatic carbocycles. The van der Waals surface area contributed by atoms with Crippen molar-refractivity contribution in [3.8, 4) is 0 Å². The summed E-state index contributed by atoms with van der Waals surface area (Å²) in [5.41, 5.74) is 6.77. The first-order chi connectivity index (χ1) is 12.3. The van der Waals surface area contributed by atoms with Crippen LogP contribution in [0.25, 0.3) is 0 Å². The van der Waals surface area contributed by atoms with Gasteiger partial charge in [-0.2, -0.15) is 0 Å². The van der Waals surface area contributed by atoms with Gasteiger partial charge in [0.05, 0.1) is 4.92 Å². The third kappa shape index (κ3) is 4.52. The molecule has 1 atom stereocenters. The molecule has 1 aromatic rings. The van der Waals surface area contributed by atoms with Crippen LogP contribution in [-0.4, -0.2) is 48.5 Å². The molecule has 0 aliphatic carbocycles. The van der Waals surface area contributed by atoms with Gasteiger partial charge >= 0.3 is 0 Å². The lowest BCUT2D eigenvalue weighted by atomic mass is 9.90. The maximum absolute atomic E-state index is 12.8. The smallest absolute Gasteiger partial charge is 0.293 e. The summed E-state index contributed by atoms with van der Waals surface area (Å²) in [4.78, 5) is 27.9. The molecule has 2 aliphatic heterocycles. The SMILES string of the molecule is CC1CCN(c2ccc(C(=O)N3CCC(C)(CN)C3)cc2[N+](=O)[O-])CC1.Cl. The summed E-state index contributed by atoms with van der Waals surface area (Å²) in [6, 6.07) is 4.90. The van der Waals surface area contributed by atoms with Crippen LogP contribution in [0.1, 0.15) is 43.5 Å². The van der Waals surface area contributed by atoms with Crippen LogP contribution in [0.2, 0.25) is 0 Å². The molecule has 2 fully saturated rings. The van der Waals surface area contributed by atoms with Gasteiger partial charge in [0.15, 0.2) is 0 Å². The molecule has 0 saturated carbocycles. The van der Waals surface area contributed by atoms with Gasteiger partial charge < -0.3 is 15.5 Å². The summed E-state index contributed by atoms with van der Waals surface area (Å²) in [7, 11) is 0. The van der Waals surface area contributed by atoms with Crippen LogP contribution >= 0.6 is 12.4 Å². The van der Waals surface area contributed by atoms with E-state index < -0.39 is 0 Å². The van der Waals surface area contributed by atoms with E-state index in [1.165, 1.54) is 6.07 Å². The molecular formula is C19H29ClN4O3. The molecular weight excluding hydrogens is 368 g/mol. The van der Waals surface area contributed by atoms with Gasteiger partial charge in [-0.05, 0) is 49.3 Å². The van der Waals surface area contributed by atoms with Crippen molar-refractivity contribution in [2.45, 2.75) is 33.1 Å². The number of nitro groups is 1. The Labute approximate surface area is 166 Å². The molecule has 8 heteroatoms. The normalized spacial score (nSPS) is 23.2. The van der Waals surface area contributed by atoms with E-state index in [0.29, 0.717) is 36.8 Å². The second-order valence-corrected chi connectivity index (χ2v) is 8.12. The Kier molecular flexibility index (Phi) is 6.70. The highest BCUT2D eigenvalue weighted by atomic mass is 35.5. The van der Waals surface area contributed by atoms with Gasteiger partial charge in [-0.1, -0.05) is 13.8 Å². The van der Waals surface area contributed by atoms with Crippen molar-refractivity contribution in [1.82, 2.24) is 4.90 Å². The summed E-state index contributed by atoms with van der Waals surface area (Å²) < 4.78 is 0. The van der Waals surface area contributed by atoms with Gasteiger partial charge in [-0.25, -0.2) is 0 Å². The molecule has 0 bridgehead atoms. The number of hydrogen-bond donors (Lipinski definition) is 1. The lowest BCUT2D eigenvalue weighted by Crippen LogP contribution is -2.35. The van der Waals surface area contributed by atoms with Crippen LogP contribution < -0.4 is 10.6 Å². The van der Waals surface area contributed by atoms with Crippen molar-refractivity contribution in [3.63, 3.8) is 0 Å². The molecule has 2 heterocycles. The Morgan fingerprint density at radius 2 is 2.00 bits per heavy atom. The molecule has 150 valence electrons. The number of carbonyl (C=O) groups is 1. The number of hydrogen-bond acceptors (Lipinski definition) is 5. The number of benzene rings is 1. The lowest BCUT2D eigenvalue weighted by Gasteiger charge is -2.31. The summed E-state index contributed by atoms with van der Waals surface area (Å²) in [5.74, 6) is 0.502. The first kappa shape index (κ1) is 21.4. The molecule has 27 heavy (non-hydrogen) atoms. The molecule has 0 aromatic heterocycles. The minimum absolute atomic E-state index is 0. The highest BCUT2D eigenvalue weighted by Gasteiger charge is 2.36. The van der Waals surface area contributed by atoms with Crippen LogP contribution in [0.5, 0.6) is 0 Å². The Hall–Kier alpha value is -1.86. The number of carbonyl (C=O) groups excluding carboxylic acids is 1. The first-order valence-electron chi connectivity index (χ1n) is 9.36. The van der Waals surface area contributed by atoms with Gasteiger partial charge in [0, 0.05) is 37.8 Å². The monoisotopic (exact) mass is 396 g/mol. The van der Waals surface area contributed by atoms with E-state index in [2.05, 4.69) is 18.7 Å². The molecule has 7 nitrogen and oxygen atoms in total. The van der Waals surface area contributed by atoms with Gasteiger partial charge in [-0.3, -0.25) is 14.9 Å². The third-order valence-electron chi connectivity index (χ3n) is 5.88. The van der Waals surface area contributed by atoms with Gasteiger partial charge in [0.2, 0.25) is 0 Å². The molecule has 2 aliphatic rings. The van der Waals surface area contributed by atoms with Crippen molar-refractivity contribution in [3.05, 3.63) is 33.9 Å². The summed E-state index contributed by atoms with van der Waals surface area (Å²) >= 11 is 0. The number of nitrogens with two attached hydrogens (primary N) is 1. The van der Waals surface area contributed by atoms with Crippen molar-refractivity contribution >= 4 is 29.7 Å². The zero-order valence-electron chi connectivity index (χ0n) is 16.0. The van der Waals surface area contributed by atoms with Crippen LogP contribution in [0.4, 0.5) is 11.4 Å². The Morgan fingerprint density at radius 3 is 2.56 bits per heavy atom.